The second kappa shape index (κ2) is 20.5. The second-order valence-corrected chi connectivity index (χ2v) is 19.0. The molecule has 0 bridgehead atoms. The van der Waals surface area contributed by atoms with Crippen LogP contribution in [0.15, 0.2) is 97.1 Å². The summed E-state index contributed by atoms with van der Waals surface area (Å²) in [5, 5.41) is 5.47. The molecule has 0 heterocycles. The molecule has 3 heteroatoms. The molecule has 300 valence electrons. The van der Waals surface area contributed by atoms with E-state index in [9.17, 15) is 0 Å². The zero-order valence-electron chi connectivity index (χ0n) is 37.1. The van der Waals surface area contributed by atoms with Gasteiger partial charge in [-0.25, -0.2) is 0 Å². The molecule has 6 aromatic rings. The molecule has 56 heavy (non-hydrogen) atoms. The van der Waals surface area contributed by atoms with Crippen molar-refractivity contribution in [1.82, 2.24) is 0 Å². The number of fused-ring (bicyclic) bond motifs is 2. The summed E-state index contributed by atoms with van der Waals surface area (Å²) < 4.78 is 0. The first-order valence-corrected chi connectivity index (χ1v) is 19.9. The SMILES string of the molecule is CCc1cc2c(-c3cc(C(C)(C)C)cc(C(C)(C)C)c3)cccc2[cH-]1.CCc1cc2c(-c3cc(C(C)(C)C)cc(C(C)(C)C)c3)cccc2[cH-]1.Cl.Cl.[CH2-]C[CH2-].[Hf+4]. The second-order valence-electron chi connectivity index (χ2n) is 19.0. The molecular formula is C53H70Cl2Hf. The predicted octanol–water partition coefficient (Wildman–Crippen LogP) is 16.7. The van der Waals surface area contributed by atoms with E-state index in [0.717, 1.165) is 19.3 Å². The van der Waals surface area contributed by atoms with Crippen molar-refractivity contribution in [3.8, 4) is 22.3 Å². The molecule has 0 atom stereocenters. The molecule has 0 amide bonds. The van der Waals surface area contributed by atoms with Gasteiger partial charge in [-0.2, -0.15) is 12.1 Å². The van der Waals surface area contributed by atoms with Crippen LogP contribution in [-0.2, 0) is 60.3 Å². The number of rotatable bonds is 4. The molecule has 0 aliphatic carbocycles. The molecule has 0 fully saturated rings. The minimum absolute atomic E-state index is 0. The topological polar surface area (TPSA) is 0 Å². The van der Waals surface area contributed by atoms with Gasteiger partial charge in [0.2, 0.25) is 0 Å². The van der Waals surface area contributed by atoms with E-state index in [1.54, 1.807) is 0 Å². The van der Waals surface area contributed by atoms with Gasteiger partial charge in [0.25, 0.3) is 0 Å². The summed E-state index contributed by atoms with van der Waals surface area (Å²) in [4.78, 5) is 0. The molecule has 0 saturated carbocycles. The van der Waals surface area contributed by atoms with E-state index in [1.807, 2.05) is 0 Å². The molecule has 6 aromatic carbocycles. The number of hydrogen-bond acceptors (Lipinski definition) is 0. The Morgan fingerprint density at radius 3 is 0.946 bits per heavy atom. The molecule has 0 spiro atoms. The quantitative estimate of drug-likeness (QED) is 0.122. The van der Waals surface area contributed by atoms with Gasteiger partial charge in [-0.15, -0.1) is 93.9 Å². The molecule has 0 aromatic heterocycles. The van der Waals surface area contributed by atoms with Crippen molar-refractivity contribution in [3.05, 3.63) is 144 Å². The minimum Gasteiger partial charge on any atom is -0.372 e. The van der Waals surface area contributed by atoms with Crippen molar-refractivity contribution in [2.45, 2.75) is 138 Å². The Hall–Kier alpha value is -2.45. The van der Waals surface area contributed by atoms with Crippen LogP contribution in [0.4, 0.5) is 0 Å². The van der Waals surface area contributed by atoms with Crippen LogP contribution in [0.2, 0.25) is 0 Å². The van der Waals surface area contributed by atoms with E-state index in [4.69, 9.17) is 0 Å². The van der Waals surface area contributed by atoms with Crippen LogP contribution in [0.3, 0.4) is 0 Å². The minimum atomic E-state index is 0. The Balaban J connectivity index is 0.000000498. The Morgan fingerprint density at radius 2 is 0.714 bits per heavy atom. The van der Waals surface area contributed by atoms with E-state index < -0.39 is 0 Å². The fourth-order valence-electron chi connectivity index (χ4n) is 6.80. The first-order valence-electron chi connectivity index (χ1n) is 19.9. The zero-order valence-corrected chi connectivity index (χ0v) is 42.3. The molecule has 0 aliphatic rings. The third kappa shape index (κ3) is 12.8. The van der Waals surface area contributed by atoms with Crippen molar-refractivity contribution in [2.75, 3.05) is 0 Å². The largest absolute Gasteiger partial charge is 4.00 e. The van der Waals surface area contributed by atoms with Crippen molar-refractivity contribution in [1.29, 1.82) is 0 Å². The molecule has 0 N–H and O–H groups in total. The molecule has 0 aliphatic heterocycles. The van der Waals surface area contributed by atoms with Gasteiger partial charge in [-0.05, 0) is 67.9 Å². The van der Waals surface area contributed by atoms with Crippen molar-refractivity contribution in [3.63, 3.8) is 0 Å². The summed E-state index contributed by atoms with van der Waals surface area (Å²) in [6, 6.07) is 37.1. The third-order valence-corrected chi connectivity index (χ3v) is 10.4. The Bertz CT molecular complexity index is 1910. The smallest absolute Gasteiger partial charge is 0.372 e. The van der Waals surface area contributed by atoms with Crippen LogP contribution in [0.5, 0.6) is 0 Å². The van der Waals surface area contributed by atoms with E-state index >= 15 is 0 Å². The van der Waals surface area contributed by atoms with E-state index in [0.29, 0.717) is 0 Å². The standard InChI is InChI=1S/2C25H31.C3H6.2ClH.Hf/c2*1-8-17-12-18-10-9-11-22(23(18)13-17)19-14-20(24(2,3)4)16-21(15-19)25(5,6)7;1-3-2;;;/h2*9-16H,8H2,1-7H3;1-3H2;2*1H;/q2*-1;-2;;;+4. The molecular weight excluding hydrogens is 886 g/mol. The number of hydrogen-bond donors (Lipinski definition) is 0. The maximum absolute atomic E-state index is 3.38. The fourth-order valence-corrected chi connectivity index (χ4v) is 6.80. The summed E-state index contributed by atoms with van der Waals surface area (Å²) in [5.41, 5.74) is 14.5. The maximum atomic E-state index is 3.38. The molecule has 0 nitrogen and oxygen atoms in total. The number of benzene rings is 4. The van der Waals surface area contributed by atoms with E-state index in [1.165, 1.54) is 77.2 Å². The van der Waals surface area contributed by atoms with Crippen LogP contribution >= 0.6 is 24.8 Å². The molecule has 0 unspecified atom stereocenters. The fraction of sp³-hybridized carbons (Fsp3) is 0.396. The average molecular weight is 957 g/mol. The average Bonchev–Trinajstić information content (AvgIpc) is 3.71. The van der Waals surface area contributed by atoms with Crippen LogP contribution in [-0.4, -0.2) is 0 Å². The maximum Gasteiger partial charge on any atom is 4.00 e. The number of aryl methyl sites for hydroxylation is 2. The van der Waals surface area contributed by atoms with Gasteiger partial charge < -0.3 is 20.3 Å². The monoisotopic (exact) mass is 956 g/mol. The van der Waals surface area contributed by atoms with Crippen LogP contribution in [0.1, 0.15) is 137 Å². The number of halogens is 2. The summed E-state index contributed by atoms with van der Waals surface area (Å²) in [6.07, 6.45) is 2.92. The summed E-state index contributed by atoms with van der Waals surface area (Å²) in [6.45, 7) is 38.8. The van der Waals surface area contributed by atoms with E-state index in [2.05, 4.69) is 208 Å². The van der Waals surface area contributed by atoms with E-state index in [-0.39, 0.29) is 72.3 Å². The Labute approximate surface area is 374 Å². The first-order chi connectivity index (χ1) is 24.6. The van der Waals surface area contributed by atoms with Crippen molar-refractivity contribution in [2.24, 2.45) is 0 Å². The van der Waals surface area contributed by atoms with Crippen molar-refractivity contribution >= 4 is 46.4 Å². The Kier molecular flexibility index (Phi) is 18.9. The normalized spacial score (nSPS) is 11.7. The van der Waals surface area contributed by atoms with Gasteiger partial charge >= 0.3 is 25.8 Å². The van der Waals surface area contributed by atoms with Crippen LogP contribution in [0.25, 0.3) is 43.8 Å². The summed E-state index contributed by atoms with van der Waals surface area (Å²) in [7, 11) is 0. The first kappa shape index (κ1) is 51.6. The molecule has 0 saturated heterocycles. The van der Waals surface area contributed by atoms with Gasteiger partial charge in [0, 0.05) is 0 Å². The molecule has 0 radical (unpaired) electrons. The van der Waals surface area contributed by atoms with Gasteiger partial charge in [0.15, 0.2) is 0 Å². The van der Waals surface area contributed by atoms with Gasteiger partial charge in [-0.1, -0.05) is 157 Å². The summed E-state index contributed by atoms with van der Waals surface area (Å²) in [5.74, 6) is 0. The van der Waals surface area contributed by atoms with Crippen LogP contribution < -0.4 is 0 Å². The zero-order chi connectivity index (χ0) is 39.5. The van der Waals surface area contributed by atoms with Gasteiger partial charge in [-0.3, -0.25) is 0 Å². The van der Waals surface area contributed by atoms with Crippen molar-refractivity contribution < 1.29 is 25.8 Å². The van der Waals surface area contributed by atoms with Gasteiger partial charge in [0.1, 0.15) is 0 Å². The van der Waals surface area contributed by atoms with Gasteiger partial charge in [0.05, 0.1) is 0 Å². The predicted molar refractivity (Wildman–Crippen MR) is 253 cm³/mol. The third-order valence-electron chi connectivity index (χ3n) is 10.4. The van der Waals surface area contributed by atoms with Crippen LogP contribution in [0, 0.1) is 13.8 Å². The summed E-state index contributed by atoms with van der Waals surface area (Å²) >= 11 is 0. The Morgan fingerprint density at radius 1 is 0.446 bits per heavy atom. The molecule has 6 rings (SSSR count).